The maximum absolute atomic E-state index is 12.7. The van der Waals surface area contributed by atoms with Crippen LogP contribution in [0.4, 0.5) is 0 Å². The SMILES string of the molecule is COc1ccc(OC)c2c1sc(=NC(=O)c1ccc(C(C)(C)C)cc1)n2C. The molecule has 0 aliphatic carbocycles. The number of ether oxygens (including phenoxy) is 2. The van der Waals surface area contributed by atoms with Crippen LogP contribution in [0.1, 0.15) is 36.7 Å². The number of hydrogen-bond acceptors (Lipinski definition) is 4. The molecule has 1 heterocycles. The Kier molecular flexibility index (Phi) is 5.11. The summed E-state index contributed by atoms with van der Waals surface area (Å²) in [4.78, 5) is 17.6. The lowest BCUT2D eigenvalue weighted by molar-refractivity contribution is 0.0998. The van der Waals surface area contributed by atoms with Crippen LogP contribution in [0.3, 0.4) is 0 Å². The molecule has 0 radical (unpaired) electrons. The molecule has 0 bridgehead atoms. The highest BCUT2D eigenvalue weighted by atomic mass is 32.1. The number of fused-ring (bicyclic) bond motifs is 1. The molecule has 27 heavy (non-hydrogen) atoms. The van der Waals surface area contributed by atoms with Crippen molar-refractivity contribution in [1.82, 2.24) is 4.57 Å². The van der Waals surface area contributed by atoms with Crippen molar-refractivity contribution in [3.63, 3.8) is 0 Å². The first-order chi connectivity index (χ1) is 12.8. The molecule has 1 amide bonds. The normalized spacial score (nSPS) is 12.4. The molecule has 0 N–H and O–H groups in total. The Hall–Kier alpha value is -2.60. The minimum absolute atomic E-state index is 0.0454. The van der Waals surface area contributed by atoms with E-state index in [1.807, 2.05) is 48.0 Å². The zero-order valence-electron chi connectivity index (χ0n) is 16.5. The number of carbonyl (C=O) groups is 1. The van der Waals surface area contributed by atoms with Crippen LogP contribution < -0.4 is 14.3 Å². The predicted octanol–water partition coefficient (Wildman–Crippen LogP) is 4.30. The highest BCUT2D eigenvalue weighted by Gasteiger charge is 2.16. The van der Waals surface area contributed by atoms with Gasteiger partial charge < -0.3 is 14.0 Å². The third-order valence-electron chi connectivity index (χ3n) is 4.51. The van der Waals surface area contributed by atoms with Crippen molar-refractivity contribution in [1.29, 1.82) is 0 Å². The highest BCUT2D eigenvalue weighted by molar-refractivity contribution is 7.16. The molecule has 0 unspecified atom stereocenters. The van der Waals surface area contributed by atoms with E-state index in [9.17, 15) is 4.79 Å². The van der Waals surface area contributed by atoms with Gasteiger partial charge in [-0.3, -0.25) is 4.79 Å². The van der Waals surface area contributed by atoms with Gasteiger partial charge in [0.2, 0.25) is 0 Å². The van der Waals surface area contributed by atoms with E-state index in [1.54, 1.807) is 14.2 Å². The monoisotopic (exact) mass is 384 g/mol. The number of carbonyl (C=O) groups excluding carboxylic acids is 1. The second-order valence-electron chi connectivity index (χ2n) is 7.34. The van der Waals surface area contributed by atoms with E-state index in [2.05, 4.69) is 25.8 Å². The number of nitrogens with zero attached hydrogens (tertiary/aromatic N) is 2. The van der Waals surface area contributed by atoms with Crippen molar-refractivity contribution in [3.8, 4) is 11.5 Å². The van der Waals surface area contributed by atoms with Gasteiger partial charge in [-0.15, -0.1) is 0 Å². The Balaban J connectivity index is 2.08. The van der Waals surface area contributed by atoms with Crippen molar-refractivity contribution in [3.05, 3.63) is 52.3 Å². The summed E-state index contributed by atoms with van der Waals surface area (Å²) >= 11 is 1.41. The second kappa shape index (κ2) is 7.19. The molecular formula is C21H24N2O3S. The zero-order chi connectivity index (χ0) is 19.8. The van der Waals surface area contributed by atoms with Gasteiger partial charge in [-0.05, 0) is 35.2 Å². The fourth-order valence-electron chi connectivity index (χ4n) is 2.89. The van der Waals surface area contributed by atoms with Crippen LogP contribution in [0.15, 0.2) is 41.4 Å². The van der Waals surface area contributed by atoms with Gasteiger partial charge in [0.25, 0.3) is 5.91 Å². The highest BCUT2D eigenvalue weighted by Crippen LogP contribution is 2.34. The molecule has 0 saturated carbocycles. The lowest BCUT2D eigenvalue weighted by atomic mass is 9.87. The molecule has 1 aromatic heterocycles. The quantitative estimate of drug-likeness (QED) is 0.677. The molecule has 2 aromatic carbocycles. The first-order valence-corrected chi connectivity index (χ1v) is 9.48. The fraction of sp³-hybridized carbons (Fsp3) is 0.333. The molecule has 0 spiro atoms. The van der Waals surface area contributed by atoms with Crippen LogP contribution in [0, 0.1) is 0 Å². The van der Waals surface area contributed by atoms with Crippen LogP contribution in [-0.4, -0.2) is 24.7 Å². The van der Waals surface area contributed by atoms with Crippen molar-refractivity contribution >= 4 is 27.5 Å². The van der Waals surface area contributed by atoms with Crippen molar-refractivity contribution in [2.45, 2.75) is 26.2 Å². The Labute approximate surface area is 162 Å². The molecule has 142 valence electrons. The molecule has 6 heteroatoms. The van der Waals surface area contributed by atoms with Gasteiger partial charge >= 0.3 is 0 Å². The van der Waals surface area contributed by atoms with Gasteiger partial charge in [-0.2, -0.15) is 4.99 Å². The minimum Gasteiger partial charge on any atom is -0.495 e. The van der Waals surface area contributed by atoms with Crippen LogP contribution in [0.5, 0.6) is 11.5 Å². The number of methoxy groups -OCH3 is 2. The van der Waals surface area contributed by atoms with E-state index in [4.69, 9.17) is 9.47 Å². The first-order valence-electron chi connectivity index (χ1n) is 8.66. The van der Waals surface area contributed by atoms with Gasteiger partial charge in [0.15, 0.2) is 4.80 Å². The van der Waals surface area contributed by atoms with Gasteiger partial charge in [0.05, 0.1) is 14.2 Å². The lowest BCUT2D eigenvalue weighted by Gasteiger charge is -2.18. The number of benzene rings is 2. The van der Waals surface area contributed by atoms with Gasteiger partial charge in [-0.25, -0.2) is 0 Å². The number of hydrogen-bond donors (Lipinski definition) is 0. The smallest absolute Gasteiger partial charge is 0.279 e. The topological polar surface area (TPSA) is 52.8 Å². The molecule has 0 aliphatic rings. The average Bonchev–Trinajstić information content (AvgIpc) is 2.97. The Morgan fingerprint density at radius 1 is 1.00 bits per heavy atom. The molecule has 0 atom stereocenters. The summed E-state index contributed by atoms with van der Waals surface area (Å²) in [7, 11) is 5.12. The summed E-state index contributed by atoms with van der Waals surface area (Å²) in [5.41, 5.74) is 2.65. The van der Waals surface area contributed by atoms with E-state index in [0.717, 1.165) is 16.0 Å². The molecule has 3 rings (SSSR count). The van der Waals surface area contributed by atoms with E-state index >= 15 is 0 Å². The van der Waals surface area contributed by atoms with Crippen LogP contribution >= 0.6 is 11.3 Å². The summed E-state index contributed by atoms with van der Waals surface area (Å²) in [6.45, 7) is 6.44. The van der Waals surface area contributed by atoms with Gasteiger partial charge in [-0.1, -0.05) is 44.2 Å². The Bertz CT molecular complexity index is 1050. The summed E-state index contributed by atoms with van der Waals surface area (Å²) in [6.07, 6.45) is 0. The molecule has 0 saturated heterocycles. The number of thiazole rings is 1. The average molecular weight is 385 g/mol. The lowest BCUT2D eigenvalue weighted by Crippen LogP contribution is -2.14. The van der Waals surface area contributed by atoms with Crippen molar-refractivity contribution < 1.29 is 14.3 Å². The largest absolute Gasteiger partial charge is 0.495 e. The molecule has 0 aliphatic heterocycles. The fourth-order valence-corrected chi connectivity index (χ4v) is 4.02. The van der Waals surface area contributed by atoms with Crippen molar-refractivity contribution in [2.75, 3.05) is 14.2 Å². The van der Waals surface area contributed by atoms with E-state index < -0.39 is 0 Å². The van der Waals surface area contributed by atoms with E-state index in [1.165, 1.54) is 16.9 Å². The number of rotatable bonds is 3. The molecule has 3 aromatic rings. The second-order valence-corrected chi connectivity index (χ2v) is 8.31. The van der Waals surface area contributed by atoms with Crippen LogP contribution in [-0.2, 0) is 12.5 Å². The van der Waals surface area contributed by atoms with E-state index in [-0.39, 0.29) is 11.3 Å². The molecular weight excluding hydrogens is 360 g/mol. The summed E-state index contributed by atoms with van der Waals surface area (Å²) in [5.74, 6) is 1.18. The third kappa shape index (κ3) is 3.62. The van der Waals surface area contributed by atoms with Gasteiger partial charge in [0, 0.05) is 12.6 Å². The molecule has 0 fully saturated rings. The maximum atomic E-state index is 12.7. The first kappa shape index (κ1) is 19.2. The summed E-state index contributed by atoms with van der Waals surface area (Å²) in [6, 6.07) is 11.3. The Morgan fingerprint density at radius 3 is 2.15 bits per heavy atom. The molecule has 5 nitrogen and oxygen atoms in total. The number of amides is 1. The Morgan fingerprint density at radius 2 is 1.59 bits per heavy atom. The standard InChI is InChI=1S/C21H24N2O3S/c1-21(2,3)14-9-7-13(8-10-14)19(24)22-20-23(4)17-15(25-5)11-12-16(26-6)18(17)27-20/h7-12H,1-6H3. The third-order valence-corrected chi connectivity index (χ3v) is 5.66. The van der Waals surface area contributed by atoms with Crippen LogP contribution in [0.25, 0.3) is 10.2 Å². The van der Waals surface area contributed by atoms with E-state index in [0.29, 0.717) is 16.1 Å². The maximum Gasteiger partial charge on any atom is 0.279 e. The number of aryl methyl sites for hydroxylation is 1. The summed E-state index contributed by atoms with van der Waals surface area (Å²) in [5, 5.41) is 0. The predicted molar refractivity (Wildman–Crippen MR) is 109 cm³/mol. The number of aromatic nitrogens is 1. The van der Waals surface area contributed by atoms with Crippen LogP contribution in [0.2, 0.25) is 0 Å². The summed E-state index contributed by atoms with van der Waals surface area (Å²) < 4.78 is 13.7. The zero-order valence-corrected chi connectivity index (χ0v) is 17.3. The van der Waals surface area contributed by atoms with Crippen molar-refractivity contribution in [2.24, 2.45) is 12.0 Å². The van der Waals surface area contributed by atoms with Gasteiger partial charge in [0.1, 0.15) is 21.7 Å². The minimum atomic E-state index is -0.268.